The van der Waals surface area contributed by atoms with Crippen LogP contribution in [0.25, 0.3) is 0 Å². The van der Waals surface area contributed by atoms with Crippen molar-refractivity contribution in [3.63, 3.8) is 0 Å². The van der Waals surface area contributed by atoms with Crippen molar-refractivity contribution < 1.29 is 9.13 Å². The number of benzene rings is 1. The monoisotopic (exact) mass is 301 g/mol. The molecule has 1 unspecified atom stereocenters. The van der Waals surface area contributed by atoms with E-state index in [1.165, 1.54) is 12.1 Å². The van der Waals surface area contributed by atoms with Crippen molar-refractivity contribution in [1.29, 1.82) is 0 Å². The molecule has 0 bridgehead atoms. The summed E-state index contributed by atoms with van der Waals surface area (Å²) in [5.74, 6) is 1.46. The first-order valence-electron chi connectivity index (χ1n) is 7.63. The van der Waals surface area contributed by atoms with E-state index in [4.69, 9.17) is 4.74 Å². The summed E-state index contributed by atoms with van der Waals surface area (Å²) >= 11 is 0. The summed E-state index contributed by atoms with van der Waals surface area (Å²) in [6.45, 7) is 4.66. The van der Waals surface area contributed by atoms with E-state index in [-0.39, 0.29) is 11.9 Å². The lowest BCUT2D eigenvalue weighted by Gasteiger charge is -2.23. The van der Waals surface area contributed by atoms with Gasteiger partial charge in [0.15, 0.2) is 0 Å². The van der Waals surface area contributed by atoms with Gasteiger partial charge in [-0.05, 0) is 37.1 Å². The molecule has 1 aliphatic rings. The van der Waals surface area contributed by atoms with Crippen LogP contribution in [0.5, 0.6) is 0 Å². The van der Waals surface area contributed by atoms with Crippen molar-refractivity contribution in [3.05, 3.63) is 53.7 Å². The third-order valence-corrected chi connectivity index (χ3v) is 3.74. The number of halogens is 1. The van der Waals surface area contributed by atoms with Crippen LogP contribution in [0.1, 0.15) is 24.7 Å². The Kier molecular flexibility index (Phi) is 4.63. The molecule has 0 saturated carbocycles. The fourth-order valence-corrected chi connectivity index (χ4v) is 2.64. The molecule has 2 heterocycles. The summed E-state index contributed by atoms with van der Waals surface area (Å²) in [7, 11) is 0. The molecule has 1 atom stereocenters. The lowest BCUT2D eigenvalue weighted by Crippen LogP contribution is -2.31. The zero-order chi connectivity index (χ0) is 15.4. The van der Waals surface area contributed by atoms with Crippen LogP contribution in [0.2, 0.25) is 0 Å². The Morgan fingerprint density at radius 2 is 2.09 bits per heavy atom. The number of ether oxygens (including phenoxy) is 1. The number of anilines is 1. The number of nitrogens with zero attached hydrogens (tertiary/aromatic N) is 3. The van der Waals surface area contributed by atoms with Crippen LogP contribution in [0.3, 0.4) is 0 Å². The number of aromatic nitrogens is 2. The molecule has 116 valence electrons. The maximum Gasteiger partial charge on any atom is 0.135 e. The molecule has 1 saturated heterocycles. The van der Waals surface area contributed by atoms with Gasteiger partial charge in [0, 0.05) is 32.3 Å². The average molecular weight is 301 g/mol. The Labute approximate surface area is 130 Å². The van der Waals surface area contributed by atoms with Gasteiger partial charge in [0.2, 0.25) is 0 Å². The van der Waals surface area contributed by atoms with Crippen LogP contribution < -0.4 is 4.90 Å². The molecule has 2 aromatic rings. The van der Waals surface area contributed by atoms with E-state index in [9.17, 15) is 4.39 Å². The Morgan fingerprint density at radius 3 is 2.91 bits per heavy atom. The fraction of sp³-hybridized carbons (Fsp3) is 0.412. The molecule has 1 fully saturated rings. The van der Waals surface area contributed by atoms with Crippen LogP contribution >= 0.6 is 0 Å². The maximum absolute atomic E-state index is 13.0. The Morgan fingerprint density at radius 1 is 1.27 bits per heavy atom. The van der Waals surface area contributed by atoms with Gasteiger partial charge < -0.3 is 9.64 Å². The van der Waals surface area contributed by atoms with E-state index < -0.39 is 0 Å². The van der Waals surface area contributed by atoms with Gasteiger partial charge in [-0.15, -0.1) is 0 Å². The summed E-state index contributed by atoms with van der Waals surface area (Å²) in [6.07, 6.45) is 3.60. The highest BCUT2D eigenvalue weighted by molar-refractivity contribution is 5.38. The highest BCUT2D eigenvalue weighted by Crippen LogP contribution is 2.16. The van der Waals surface area contributed by atoms with E-state index >= 15 is 0 Å². The highest BCUT2D eigenvalue weighted by Gasteiger charge is 2.16. The molecular weight excluding hydrogens is 281 g/mol. The van der Waals surface area contributed by atoms with Crippen LogP contribution in [0.15, 0.2) is 36.5 Å². The minimum absolute atomic E-state index is 0.206. The molecule has 1 aromatic carbocycles. The maximum atomic E-state index is 13.0. The molecule has 3 rings (SSSR count). The van der Waals surface area contributed by atoms with Crippen LogP contribution in [0.4, 0.5) is 10.2 Å². The van der Waals surface area contributed by atoms with E-state index in [0.29, 0.717) is 6.42 Å². The average Bonchev–Trinajstić information content (AvgIpc) is 2.75. The van der Waals surface area contributed by atoms with Gasteiger partial charge in [-0.2, -0.15) is 0 Å². The molecule has 4 nitrogen and oxygen atoms in total. The van der Waals surface area contributed by atoms with Gasteiger partial charge >= 0.3 is 0 Å². The highest BCUT2D eigenvalue weighted by atomic mass is 19.1. The van der Waals surface area contributed by atoms with E-state index in [1.54, 1.807) is 18.3 Å². The molecular formula is C17H20FN3O. The van der Waals surface area contributed by atoms with E-state index in [2.05, 4.69) is 21.8 Å². The normalized spacial score (nSPS) is 19.0. The molecule has 0 amide bonds. The molecule has 1 aromatic heterocycles. The van der Waals surface area contributed by atoms with Crippen molar-refractivity contribution in [2.24, 2.45) is 0 Å². The first kappa shape index (κ1) is 14.9. The molecule has 1 aliphatic heterocycles. The fourth-order valence-electron chi connectivity index (χ4n) is 2.64. The molecule has 0 N–H and O–H groups in total. The van der Waals surface area contributed by atoms with E-state index in [0.717, 1.165) is 43.3 Å². The van der Waals surface area contributed by atoms with Crippen molar-refractivity contribution in [2.45, 2.75) is 25.9 Å². The van der Waals surface area contributed by atoms with Crippen LogP contribution in [-0.4, -0.2) is 35.8 Å². The number of hydrogen-bond acceptors (Lipinski definition) is 4. The third kappa shape index (κ3) is 3.80. The van der Waals surface area contributed by atoms with Gasteiger partial charge in [0.05, 0.1) is 6.10 Å². The first-order chi connectivity index (χ1) is 10.7. The Hall–Kier alpha value is -2.01. The van der Waals surface area contributed by atoms with E-state index in [1.807, 2.05) is 6.07 Å². The smallest absolute Gasteiger partial charge is 0.135 e. The summed E-state index contributed by atoms with van der Waals surface area (Å²) in [5, 5.41) is 0. The van der Waals surface area contributed by atoms with Gasteiger partial charge in [-0.1, -0.05) is 12.1 Å². The lowest BCUT2D eigenvalue weighted by molar-refractivity contribution is 0.0820. The second kappa shape index (κ2) is 6.83. The first-order valence-corrected chi connectivity index (χ1v) is 7.63. The number of hydrogen-bond donors (Lipinski definition) is 0. The van der Waals surface area contributed by atoms with Crippen molar-refractivity contribution in [3.8, 4) is 0 Å². The van der Waals surface area contributed by atoms with Crippen molar-refractivity contribution in [2.75, 3.05) is 24.6 Å². The molecule has 22 heavy (non-hydrogen) atoms. The zero-order valence-electron chi connectivity index (χ0n) is 12.7. The topological polar surface area (TPSA) is 38.2 Å². The number of rotatable bonds is 3. The second-order valence-electron chi connectivity index (χ2n) is 5.62. The van der Waals surface area contributed by atoms with Gasteiger partial charge in [-0.25, -0.2) is 14.4 Å². The van der Waals surface area contributed by atoms with Crippen LogP contribution in [-0.2, 0) is 11.2 Å². The summed E-state index contributed by atoms with van der Waals surface area (Å²) in [4.78, 5) is 11.2. The predicted octanol–water partition coefficient (Wildman–Crippen LogP) is 2.82. The zero-order valence-corrected chi connectivity index (χ0v) is 12.7. The Balaban J connectivity index is 1.75. The predicted molar refractivity (Wildman–Crippen MR) is 83.5 cm³/mol. The largest absolute Gasteiger partial charge is 0.377 e. The summed E-state index contributed by atoms with van der Waals surface area (Å²) in [5.41, 5.74) is 1.01. The molecule has 5 heteroatoms. The molecule has 0 radical (unpaired) electrons. The second-order valence-corrected chi connectivity index (χ2v) is 5.62. The van der Waals surface area contributed by atoms with Crippen LogP contribution in [0, 0.1) is 5.82 Å². The minimum atomic E-state index is -0.225. The van der Waals surface area contributed by atoms with Gasteiger partial charge in [-0.3, -0.25) is 0 Å². The van der Waals surface area contributed by atoms with Crippen molar-refractivity contribution >= 4 is 5.82 Å². The molecule has 0 aliphatic carbocycles. The standard InChI is InChI=1S/C17H20FN3O/c1-13-12-21(9-2-10-22-13)17-7-8-19-16(20-17)11-14-3-5-15(18)6-4-14/h3-8,13H,2,9-12H2,1H3. The van der Waals surface area contributed by atoms with Gasteiger partial charge in [0.25, 0.3) is 0 Å². The quantitative estimate of drug-likeness (QED) is 0.874. The lowest BCUT2D eigenvalue weighted by atomic mass is 10.1. The van der Waals surface area contributed by atoms with Gasteiger partial charge in [0.1, 0.15) is 17.5 Å². The third-order valence-electron chi connectivity index (χ3n) is 3.74. The van der Waals surface area contributed by atoms with Crippen molar-refractivity contribution in [1.82, 2.24) is 9.97 Å². The SMILES string of the molecule is CC1CN(c2ccnc(Cc3ccc(F)cc3)n2)CCCO1. The summed E-state index contributed by atoms with van der Waals surface area (Å²) in [6, 6.07) is 8.41. The summed E-state index contributed by atoms with van der Waals surface area (Å²) < 4.78 is 18.6. The Bertz CT molecular complexity index is 618. The minimum Gasteiger partial charge on any atom is -0.377 e. The molecule has 0 spiro atoms.